The van der Waals surface area contributed by atoms with E-state index in [1.807, 2.05) is 6.92 Å². The van der Waals surface area contributed by atoms with E-state index in [-0.39, 0.29) is 28.3 Å². The third-order valence-corrected chi connectivity index (χ3v) is 4.59. The fourth-order valence-corrected chi connectivity index (χ4v) is 4.06. The van der Waals surface area contributed by atoms with Crippen LogP contribution in [0.2, 0.25) is 15.1 Å². The van der Waals surface area contributed by atoms with Crippen LogP contribution in [0.25, 0.3) is 0 Å². The minimum Gasteiger partial charge on any atom is -0.490 e. The summed E-state index contributed by atoms with van der Waals surface area (Å²) in [4.78, 5) is 0. The Kier molecular flexibility index (Phi) is 7.22. The largest absolute Gasteiger partial charge is 0.490 e. The van der Waals surface area contributed by atoms with Crippen molar-refractivity contribution in [1.29, 1.82) is 0 Å². The standard InChI is InChI=1S/C12H14Cl4O3S/c1-2-3-8(7-20(16,17)18)6-19-12-10(14)4-9(13)5-11(12)15/h4-5,8H,2-3,6-7H2,1H3. The van der Waals surface area contributed by atoms with Crippen LogP contribution in [0, 0.1) is 5.92 Å². The van der Waals surface area contributed by atoms with Crippen molar-refractivity contribution >= 4 is 54.5 Å². The number of rotatable bonds is 7. The maximum atomic E-state index is 11.1. The van der Waals surface area contributed by atoms with Gasteiger partial charge in [0.2, 0.25) is 9.05 Å². The molecule has 8 heteroatoms. The quantitative estimate of drug-likeness (QED) is 0.625. The van der Waals surface area contributed by atoms with Crippen molar-refractivity contribution < 1.29 is 13.2 Å². The molecular weight excluding hydrogens is 366 g/mol. The minimum absolute atomic E-state index is 0.148. The van der Waals surface area contributed by atoms with Crippen LogP contribution in [-0.4, -0.2) is 20.8 Å². The lowest BCUT2D eigenvalue weighted by atomic mass is 10.1. The molecule has 3 nitrogen and oxygen atoms in total. The maximum Gasteiger partial charge on any atom is 0.232 e. The lowest BCUT2D eigenvalue weighted by Crippen LogP contribution is -2.19. The van der Waals surface area contributed by atoms with Crippen LogP contribution in [0.3, 0.4) is 0 Å². The zero-order chi connectivity index (χ0) is 15.3. The first-order valence-corrected chi connectivity index (χ1v) is 9.53. The van der Waals surface area contributed by atoms with E-state index in [1.165, 1.54) is 12.1 Å². The zero-order valence-corrected chi connectivity index (χ0v) is 14.5. The topological polar surface area (TPSA) is 43.4 Å². The average Bonchev–Trinajstić information content (AvgIpc) is 2.25. The molecule has 0 amide bonds. The Morgan fingerprint density at radius 3 is 2.20 bits per heavy atom. The lowest BCUT2D eigenvalue weighted by Gasteiger charge is -2.17. The first-order valence-electron chi connectivity index (χ1n) is 5.92. The number of halogens is 4. The van der Waals surface area contributed by atoms with Gasteiger partial charge in [0.05, 0.1) is 22.4 Å². The number of benzene rings is 1. The summed E-state index contributed by atoms with van der Waals surface area (Å²) < 4.78 is 27.8. The molecule has 0 aliphatic heterocycles. The summed E-state index contributed by atoms with van der Waals surface area (Å²) in [5.41, 5.74) is 0. The van der Waals surface area contributed by atoms with Crippen molar-refractivity contribution in [2.45, 2.75) is 19.8 Å². The highest BCUT2D eigenvalue weighted by Crippen LogP contribution is 2.36. The van der Waals surface area contributed by atoms with Crippen LogP contribution in [-0.2, 0) is 9.05 Å². The lowest BCUT2D eigenvalue weighted by molar-refractivity contribution is 0.253. The van der Waals surface area contributed by atoms with Crippen molar-refractivity contribution in [3.63, 3.8) is 0 Å². The fraction of sp³-hybridized carbons (Fsp3) is 0.500. The monoisotopic (exact) mass is 378 g/mol. The fourth-order valence-electron chi connectivity index (χ4n) is 1.77. The van der Waals surface area contributed by atoms with Gasteiger partial charge in [0, 0.05) is 21.6 Å². The SMILES string of the molecule is CCCC(COc1c(Cl)cc(Cl)cc1Cl)CS(=O)(=O)Cl. The molecule has 0 aliphatic rings. The Hall–Kier alpha value is 0.130. The summed E-state index contributed by atoms with van der Waals surface area (Å²) >= 11 is 17.8. The minimum atomic E-state index is -3.57. The van der Waals surface area contributed by atoms with Crippen LogP contribution in [0.1, 0.15) is 19.8 Å². The van der Waals surface area contributed by atoms with E-state index in [0.29, 0.717) is 17.2 Å². The molecule has 1 aromatic carbocycles. The predicted octanol–water partition coefficient (Wildman–Crippen LogP) is 5.01. The molecule has 0 spiro atoms. The molecule has 114 valence electrons. The van der Waals surface area contributed by atoms with E-state index >= 15 is 0 Å². The number of hydrogen-bond acceptors (Lipinski definition) is 3. The Morgan fingerprint density at radius 1 is 1.20 bits per heavy atom. The predicted molar refractivity (Wildman–Crippen MR) is 85.0 cm³/mol. The number of hydrogen-bond donors (Lipinski definition) is 0. The Balaban J connectivity index is 2.77. The van der Waals surface area contributed by atoms with Gasteiger partial charge in [-0.1, -0.05) is 48.1 Å². The number of ether oxygens (including phenoxy) is 1. The molecule has 0 heterocycles. The molecule has 20 heavy (non-hydrogen) atoms. The van der Waals surface area contributed by atoms with Crippen molar-refractivity contribution in [2.24, 2.45) is 5.92 Å². The van der Waals surface area contributed by atoms with Crippen molar-refractivity contribution in [1.82, 2.24) is 0 Å². The van der Waals surface area contributed by atoms with Gasteiger partial charge in [0.25, 0.3) is 0 Å². The maximum absolute atomic E-state index is 11.1. The molecule has 1 atom stereocenters. The highest BCUT2D eigenvalue weighted by Gasteiger charge is 2.19. The molecular formula is C12H14Cl4O3S. The van der Waals surface area contributed by atoms with Crippen molar-refractivity contribution in [3.8, 4) is 5.75 Å². The normalized spacial score (nSPS) is 13.2. The van der Waals surface area contributed by atoms with Gasteiger partial charge < -0.3 is 4.74 Å². The van der Waals surface area contributed by atoms with E-state index in [0.717, 1.165) is 6.42 Å². The summed E-state index contributed by atoms with van der Waals surface area (Å²) in [5.74, 6) is -0.0679. The average molecular weight is 380 g/mol. The van der Waals surface area contributed by atoms with Gasteiger partial charge in [-0.25, -0.2) is 8.42 Å². The molecule has 0 bridgehead atoms. The van der Waals surface area contributed by atoms with Gasteiger partial charge in [-0.2, -0.15) is 0 Å². The van der Waals surface area contributed by atoms with Gasteiger partial charge in [-0.15, -0.1) is 0 Å². The van der Waals surface area contributed by atoms with E-state index in [1.54, 1.807) is 0 Å². The van der Waals surface area contributed by atoms with E-state index in [2.05, 4.69) is 0 Å². The Morgan fingerprint density at radius 2 is 1.75 bits per heavy atom. The molecule has 0 aromatic heterocycles. The Bertz CT molecular complexity index is 537. The van der Waals surface area contributed by atoms with Crippen molar-refractivity contribution in [2.75, 3.05) is 12.4 Å². The Labute approximate surface area is 138 Å². The third-order valence-electron chi connectivity index (χ3n) is 2.56. The molecule has 0 saturated heterocycles. The van der Waals surface area contributed by atoms with E-state index < -0.39 is 9.05 Å². The molecule has 0 fully saturated rings. The molecule has 0 saturated carbocycles. The zero-order valence-electron chi connectivity index (χ0n) is 10.7. The van der Waals surface area contributed by atoms with Crippen LogP contribution in [0.15, 0.2) is 12.1 Å². The summed E-state index contributed by atoms with van der Waals surface area (Å²) in [6, 6.07) is 3.02. The molecule has 0 radical (unpaired) electrons. The van der Waals surface area contributed by atoms with Gasteiger partial charge in [-0.05, 0) is 18.6 Å². The molecule has 1 rings (SSSR count). The van der Waals surface area contributed by atoms with Crippen LogP contribution in [0.4, 0.5) is 0 Å². The van der Waals surface area contributed by atoms with Gasteiger partial charge >= 0.3 is 0 Å². The van der Waals surface area contributed by atoms with E-state index in [9.17, 15) is 8.42 Å². The first kappa shape index (κ1) is 18.2. The van der Waals surface area contributed by atoms with Crippen LogP contribution in [0.5, 0.6) is 5.75 Å². The first-order chi connectivity index (χ1) is 9.23. The van der Waals surface area contributed by atoms with Crippen LogP contribution >= 0.6 is 45.5 Å². The molecule has 1 unspecified atom stereocenters. The van der Waals surface area contributed by atoms with Crippen LogP contribution < -0.4 is 4.74 Å². The van der Waals surface area contributed by atoms with Gasteiger partial charge in [-0.3, -0.25) is 0 Å². The van der Waals surface area contributed by atoms with Gasteiger partial charge in [0.15, 0.2) is 5.75 Å². The second-order valence-corrected chi connectivity index (χ2v) is 8.44. The molecule has 0 aliphatic carbocycles. The summed E-state index contributed by atoms with van der Waals surface area (Å²) in [6.45, 7) is 2.12. The van der Waals surface area contributed by atoms with Gasteiger partial charge in [0.1, 0.15) is 0 Å². The van der Waals surface area contributed by atoms with E-state index in [4.69, 9.17) is 50.2 Å². The highest BCUT2D eigenvalue weighted by molar-refractivity contribution is 8.13. The second-order valence-electron chi connectivity index (χ2n) is 4.37. The molecule has 1 aromatic rings. The second kappa shape index (κ2) is 7.95. The third kappa shape index (κ3) is 6.27. The van der Waals surface area contributed by atoms with Crippen molar-refractivity contribution in [3.05, 3.63) is 27.2 Å². The summed E-state index contributed by atoms with van der Waals surface area (Å²) in [7, 11) is 1.70. The highest BCUT2D eigenvalue weighted by atomic mass is 35.7. The summed E-state index contributed by atoms with van der Waals surface area (Å²) in [6.07, 6.45) is 1.50. The summed E-state index contributed by atoms with van der Waals surface area (Å²) in [5, 5.41) is 0.971. The smallest absolute Gasteiger partial charge is 0.232 e. The molecule has 0 N–H and O–H groups in total.